The van der Waals surface area contributed by atoms with Crippen molar-refractivity contribution in [2.75, 3.05) is 6.61 Å². The van der Waals surface area contributed by atoms with Crippen LogP contribution in [0.1, 0.15) is 51.7 Å². The van der Waals surface area contributed by atoms with Crippen LogP contribution >= 0.6 is 15.9 Å². The summed E-state index contributed by atoms with van der Waals surface area (Å²) >= 11 is 3.54. The lowest BCUT2D eigenvalue weighted by Crippen LogP contribution is -2.34. The van der Waals surface area contributed by atoms with E-state index in [9.17, 15) is 5.11 Å². The van der Waals surface area contributed by atoms with Crippen LogP contribution in [0, 0.1) is 6.92 Å². The number of nitrogens with one attached hydrogen (secondary N) is 1. The molecule has 120 valence electrons. The first-order chi connectivity index (χ1) is 9.81. The van der Waals surface area contributed by atoms with Crippen LogP contribution in [0.25, 0.3) is 0 Å². The van der Waals surface area contributed by atoms with Crippen molar-refractivity contribution in [2.45, 2.75) is 65.6 Å². The van der Waals surface area contributed by atoms with Crippen LogP contribution in [0.3, 0.4) is 0 Å². The Hall–Kier alpha value is -0.580. The van der Waals surface area contributed by atoms with Crippen molar-refractivity contribution in [3.05, 3.63) is 27.7 Å². The maximum absolute atomic E-state index is 10.4. The SMILES string of the molecule is CCC(O)(CC)COc1c(C)cc(Br)cc1CNC(C)C. The van der Waals surface area contributed by atoms with Crippen LogP contribution in [-0.2, 0) is 6.54 Å². The van der Waals surface area contributed by atoms with E-state index in [1.165, 1.54) is 0 Å². The quantitative estimate of drug-likeness (QED) is 0.732. The highest BCUT2D eigenvalue weighted by molar-refractivity contribution is 9.10. The molecule has 0 spiro atoms. The fourth-order valence-electron chi connectivity index (χ4n) is 2.11. The molecule has 1 rings (SSSR count). The van der Waals surface area contributed by atoms with E-state index in [-0.39, 0.29) is 0 Å². The first-order valence-electron chi connectivity index (χ1n) is 7.69. The van der Waals surface area contributed by atoms with E-state index in [4.69, 9.17) is 4.74 Å². The number of benzene rings is 1. The maximum atomic E-state index is 10.4. The molecule has 0 unspecified atom stereocenters. The van der Waals surface area contributed by atoms with E-state index >= 15 is 0 Å². The molecule has 0 aliphatic carbocycles. The number of aryl methyl sites for hydroxylation is 1. The zero-order valence-electron chi connectivity index (χ0n) is 13.8. The summed E-state index contributed by atoms with van der Waals surface area (Å²) in [5.41, 5.74) is 1.45. The third kappa shape index (κ3) is 5.61. The Morgan fingerprint density at radius 2 is 1.90 bits per heavy atom. The molecule has 0 amide bonds. The Morgan fingerprint density at radius 3 is 2.43 bits per heavy atom. The van der Waals surface area contributed by atoms with Crippen molar-refractivity contribution in [1.29, 1.82) is 0 Å². The molecule has 0 heterocycles. The maximum Gasteiger partial charge on any atom is 0.126 e. The first-order valence-corrected chi connectivity index (χ1v) is 8.48. The highest BCUT2D eigenvalue weighted by Gasteiger charge is 2.24. The van der Waals surface area contributed by atoms with Crippen molar-refractivity contribution in [1.82, 2.24) is 5.32 Å². The molecule has 0 aliphatic heterocycles. The van der Waals surface area contributed by atoms with Gasteiger partial charge in [0, 0.05) is 22.6 Å². The Bertz CT molecular complexity index is 456. The summed E-state index contributed by atoms with van der Waals surface area (Å²) < 4.78 is 7.04. The largest absolute Gasteiger partial charge is 0.490 e. The van der Waals surface area contributed by atoms with Crippen LogP contribution < -0.4 is 10.1 Å². The minimum absolute atomic E-state index is 0.331. The van der Waals surface area contributed by atoms with Gasteiger partial charge in [0.25, 0.3) is 0 Å². The van der Waals surface area contributed by atoms with Crippen molar-refractivity contribution in [2.24, 2.45) is 0 Å². The molecule has 1 aromatic carbocycles. The Balaban J connectivity index is 2.93. The Morgan fingerprint density at radius 1 is 1.29 bits per heavy atom. The van der Waals surface area contributed by atoms with Gasteiger partial charge in [-0.3, -0.25) is 0 Å². The molecule has 0 fully saturated rings. The second kappa shape index (κ2) is 8.16. The first kappa shape index (κ1) is 18.5. The number of rotatable bonds is 8. The molecule has 4 heteroatoms. The van der Waals surface area contributed by atoms with E-state index in [0.717, 1.165) is 27.9 Å². The zero-order chi connectivity index (χ0) is 16.0. The molecule has 0 saturated carbocycles. The number of hydrogen-bond acceptors (Lipinski definition) is 3. The van der Waals surface area contributed by atoms with E-state index in [0.29, 0.717) is 25.5 Å². The summed E-state index contributed by atoms with van der Waals surface area (Å²) in [7, 11) is 0. The molecule has 0 aromatic heterocycles. The van der Waals surface area contributed by atoms with Crippen LogP contribution in [0.15, 0.2) is 16.6 Å². The molecule has 21 heavy (non-hydrogen) atoms. The minimum Gasteiger partial charge on any atom is -0.490 e. The van der Waals surface area contributed by atoms with Gasteiger partial charge in [0.1, 0.15) is 12.4 Å². The van der Waals surface area contributed by atoms with Crippen LogP contribution in [0.4, 0.5) is 0 Å². The summed E-state index contributed by atoms with van der Waals surface area (Å²) in [5.74, 6) is 0.881. The Labute approximate surface area is 137 Å². The normalized spacial score (nSPS) is 12.0. The molecular weight excluding hydrogens is 330 g/mol. The highest BCUT2D eigenvalue weighted by Crippen LogP contribution is 2.29. The lowest BCUT2D eigenvalue weighted by atomic mass is 9.99. The molecule has 0 aliphatic rings. The molecule has 3 nitrogen and oxygen atoms in total. The van der Waals surface area contributed by atoms with Gasteiger partial charge < -0.3 is 15.2 Å². The third-order valence-corrected chi connectivity index (χ3v) is 4.28. The van der Waals surface area contributed by atoms with Crippen LogP contribution in [0.2, 0.25) is 0 Å². The lowest BCUT2D eigenvalue weighted by molar-refractivity contribution is -0.0118. The van der Waals surface area contributed by atoms with E-state index < -0.39 is 5.60 Å². The third-order valence-electron chi connectivity index (χ3n) is 3.82. The molecule has 0 bridgehead atoms. The van der Waals surface area contributed by atoms with Gasteiger partial charge >= 0.3 is 0 Å². The number of halogens is 1. The van der Waals surface area contributed by atoms with E-state index in [2.05, 4.69) is 41.2 Å². The fraction of sp³-hybridized carbons (Fsp3) is 0.647. The topological polar surface area (TPSA) is 41.5 Å². The van der Waals surface area contributed by atoms with Crippen LogP contribution in [-0.4, -0.2) is 23.4 Å². The van der Waals surface area contributed by atoms with Gasteiger partial charge in [-0.1, -0.05) is 43.6 Å². The molecular formula is C17H28BrNO2. The average molecular weight is 358 g/mol. The second-order valence-corrected chi connectivity index (χ2v) is 6.88. The lowest BCUT2D eigenvalue weighted by Gasteiger charge is -2.26. The molecule has 0 saturated heterocycles. The Kier molecular flexibility index (Phi) is 7.17. The summed E-state index contributed by atoms with van der Waals surface area (Å²) in [6.45, 7) is 11.3. The number of ether oxygens (including phenoxy) is 1. The van der Waals surface area contributed by atoms with E-state index in [1.807, 2.05) is 26.8 Å². The molecule has 2 N–H and O–H groups in total. The van der Waals surface area contributed by atoms with E-state index in [1.54, 1.807) is 0 Å². The van der Waals surface area contributed by atoms with Gasteiger partial charge in [0.2, 0.25) is 0 Å². The standard InChI is InChI=1S/C17H28BrNO2/c1-6-17(20,7-2)11-21-16-13(5)8-15(18)9-14(16)10-19-12(3)4/h8-9,12,19-20H,6-7,10-11H2,1-5H3. The predicted molar refractivity (Wildman–Crippen MR) is 91.9 cm³/mol. The number of aliphatic hydroxyl groups is 1. The summed E-state index contributed by atoms with van der Waals surface area (Å²) in [5, 5.41) is 13.8. The molecule has 0 radical (unpaired) electrons. The summed E-state index contributed by atoms with van der Waals surface area (Å²) in [6, 6.07) is 4.54. The van der Waals surface area contributed by atoms with Crippen molar-refractivity contribution in [3.8, 4) is 5.75 Å². The number of hydrogen-bond donors (Lipinski definition) is 2. The summed E-state index contributed by atoms with van der Waals surface area (Å²) in [6.07, 6.45) is 1.39. The van der Waals surface area contributed by atoms with Crippen molar-refractivity contribution < 1.29 is 9.84 Å². The second-order valence-electron chi connectivity index (χ2n) is 5.97. The minimum atomic E-state index is -0.748. The van der Waals surface area contributed by atoms with Gasteiger partial charge in [-0.2, -0.15) is 0 Å². The smallest absolute Gasteiger partial charge is 0.126 e. The van der Waals surface area contributed by atoms with Gasteiger partial charge in [0.05, 0.1) is 5.60 Å². The van der Waals surface area contributed by atoms with Gasteiger partial charge in [-0.15, -0.1) is 0 Å². The van der Waals surface area contributed by atoms with Crippen molar-refractivity contribution in [3.63, 3.8) is 0 Å². The van der Waals surface area contributed by atoms with Gasteiger partial charge in [0.15, 0.2) is 0 Å². The van der Waals surface area contributed by atoms with Crippen molar-refractivity contribution >= 4 is 15.9 Å². The fourth-order valence-corrected chi connectivity index (χ4v) is 2.73. The van der Waals surface area contributed by atoms with Gasteiger partial charge in [-0.05, 0) is 37.5 Å². The monoisotopic (exact) mass is 357 g/mol. The zero-order valence-corrected chi connectivity index (χ0v) is 15.4. The average Bonchev–Trinajstić information content (AvgIpc) is 2.43. The highest BCUT2D eigenvalue weighted by atomic mass is 79.9. The molecule has 1 aromatic rings. The van der Waals surface area contributed by atoms with Crippen LogP contribution in [0.5, 0.6) is 5.75 Å². The summed E-state index contributed by atoms with van der Waals surface area (Å²) in [4.78, 5) is 0. The molecule has 0 atom stereocenters. The van der Waals surface area contributed by atoms with Gasteiger partial charge in [-0.25, -0.2) is 0 Å². The predicted octanol–water partition coefficient (Wildman–Crippen LogP) is 4.19.